The van der Waals surface area contributed by atoms with Crippen LogP contribution in [0, 0.1) is 17.0 Å². The average Bonchev–Trinajstić information content (AvgIpc) is 2.35. The number of nitro groups is 1. The Morgan fingerprint density at radius 2 is 2.20 bits per heavy atom. The number of ether oxygens (including phenoxy) is 2. The highest BCUT2D eigenvalue weighted by molar-refractivity contribution is 9.10. The van der Waals surface area contributed by atoms with Crippen LogP contribution in [-0.2, 0) is 4.74 Å². The van der Waals surface area contributed by atoms with E-state index < -0.39 is 4.92 Å². The van der Waals surface area contributed by atoms with Gasteiger partial charge in [-0.2, -0.15) is 0 Å². The van der Waals surface area contributed by atoms with Gasteiger partial charge in [0.1, 0.15) is 12.2 Å². The Balaban J connectivity index is 2.24. The van der Waals surface area contributed by atoms with E-state index in [0.717, 1.165) is 12.0 Å². The lowest BCUT2D eigenvalue weighted by atomic mass is 9.85. The number of methoxy groups -OCH3 is 1. The summed E-state index contributed by atoms with van der Waals surface area (Å²) in [4.78, 5) is 10.7. The van der Waals surface area contributed by atoms with E-state index in [4.69, 9.17) is 9.47 Å². The molecule has 0 spiro atoms. The molecule has 1 saturated carbocycles. The van der Waals surface area contributed by atoms with Gasteiger partial charge in [0.2, 0.25) is 5.75 Å². The molecule has 0 amide bonds. The van der Waals surface area contributed by atoms with E-state index in [9.17, 15) is 10.1 Å². The van der Waals surface area contributed by atoms with E-state index in [1.807, 2.05) is 7.05 Å². The van der Waals surface area contributed by atoms with Crippen molar-refractivity contribution in [2.24, 2.45) is 0 Å². The fourth-order valence-corrected chi connectivity index (χ4v) is 3.01. The van der Waals surface area contributed by atoms with Crippen molar-refractivity contribution >= 4 is 21.6 Å². The van der Waals surface area contributed by atoms with E-state index >= 15 is 0 Å². The van der Waals surface area contributed by atoms with Gasteiger partial charge in [-0.1, -0.05) is 15.9 Å². The van der Waals surface area contributed by atoms with E-state index in [0.29, 0.717) is 10.2 Å². The zero-order valence-corrected chi connectivity index (χ0v) is 13.1. The van der Waals surface area contributed by atoms with Crippen molar-refractivity contribution in [3.05, 3.63) is 32.3 Å². The Bertz CT molecular complexity index is 523. The maximum Gasteiger partial charge on any atom is 0.312 e. The minimum atomic E-state index is -0.427. The predicted octanol–water partition coefficient (Wildman–Crippen LogP) is 2.42. The smallest absolute Gasteiger partial charge is 0.312 e. The standard InChI is InChI=1S/C13H17BrN2O4/c1-7-4-8(14)5-10(16(17)18)12(7)20-11-6-9(15-2)13(11)19-3/h4-5,9,11,13,15H,6H2,1-3H3. The van der Waals surface area contributed by atoms with Gasteiger partial charge in [0.05, 0.1) is 4.92 Å². The molecule has 1 aromatic rings. The molecule has 0 aromatic heterocycles. The molecule has 0 aliphatic heterocycles. The Kier molecular flexibility index (Phi) is 4.62. The Labute approximate surface area is 125 Å². The van der Waals surface area contributed by atoms with Crippen LogP contribution in [0.25, 0.3) is 0 Å². The van der Waals surface area contributed by atoms with E-state index in [1.54, 1.807) is 20.1 Å². The summed E-state index contributed by atoms with van der Waals surface area (Å²) in [7, 11) is 3.48. The fourth-order valence-electron chi connectivity index (χ4n) is 2.45. The van der Waals surface area contributed by atoms with Crippen molar-refractivity contribution in [3.8, 4) is 5.75 Å². The third kappa shape index (κ3) is 2.79. The van der Waals surface area contributed by atoms with Gasteiger partial charge in [-0.3, -0.25) is 10.1 Å². The second-order valence-electron chi connectivity index (χ2n) is 4.82. The molecule has 20 heavy (non-hydrogen) atoms. The van der Waals surface area contributed by atoms with E-state index in [2.05, 4.69) is 21.2 Å². The number of likely N-dealkylation sites (N-methyl/N-ethyl adjacent to an activating group) is 1. The van der Waals surface area contributed by atoms with Gasteiger partial charge in [0.25, 0.3) is 0 Å². The van der Waals surface area contributed by atoms with Crippen LogP contribution < -0.4 is 10.1 Å². The number of nitro benzene ring substituents is 1. The number of halogens is 1. The van der Waals surface area contributed by atoms with Crippen LogP contribution in [0.3, 0.4) is 0 Å². The van der Waals surface area contributed by atoms with Gasteiger partial charge < -0.3 is 14.8 Å². The van der Waals surface area contributed by atoms with Crippen molar-refractivity contribution in [1.29, 1.82) is 0 Å². The normalized spacial score (nSPS) is 25.1. The van der Waals surface area contributed by atoms with Gasteiger partial charge in [0, 0.05) is 30.1 Å². The van der Waals surface area contributed by atoms with E-state index in [-0.39, 0.29) is 23.9 Å². The quantitative estimate of drug-likeness (QED) is 0.655. The monoisotopic (exact) mass is 344 g/mol. The average molecular weight is 345 g/mol. The molecule has 0 heterocycles. The Morgan fingerprint density at radius 1 is 1.50 bits per heavy atom. The first-order valence-corrected chi connectivity index (χ1v) is 7.08. The summed E-state index contributed by atoms with van der Waals surface area (Å²) in [6, 6.07) is 3.48. The summed E-state index contributed by atoms with van der Waals surface area (Å²) in [6.07, 6.45) is 0.500. The first kappa shape index (κ1) is 15.2. The van der Waals surface area contributed by atoms with Crippen LogP contribution in [0.5, 0.6) is 5.75 Å². The Hall–Kier alpha value is -1.18. The summed E-state index contributed by atoms with van der Waals surface area (Å²) in [5.74, 6) is 0.319. The molecule has 1 aromatic carbocycles. The summed E-state index contributed by atoms with van der Waals surface area (Å²) < 4.78 is 11.9. The van der Waals surface area contributed by atoms with Crippen LogP contribution in [0.2, 0.25) is 0 Å². The summed E-state index contributed by atoms with van der Waals surface area (Å²) in [5.41, 5.74) is 0.702. The Morgan fingerprint density at radius 3 is 2.75 bits per heavy atom. The summed E-state index contributed by atoms with van der Waals surface area (Å²) in [6.45, 7) is 1.79. The van der Waals surface area contributed by atoms with Crippen molar-refractivity contribution in [2.45, 2.75) is 31.6 Å². The minimum Gasteiger partial charge on any atom is -0.480 e. The number of rotatable bonds is 5. The molecule has 1 N–H and O–H groups in total. The number of aryl methyl sites for hydroxylation is 1. The highest BCUT2D eigenvalue weighted by Crippen LogP contribution is 2.38. The van der Waals surface area contributed by atoms with Crippen molar-refractivity contribution in [3.63, 3.8) is 0 Å². The van der Waals surface area contributed by atoms with Crippen LogP contribution in [0.1, 0.15) is 12.0 Å². The molecule has 2 rings (SSSR count). The van der Waals surface area contributed by atoms with Crippen LogP contribution in [0.4, 0.5) is 5.69 Å². The molecule has 0 saturated heterocycles. The second kappa shape index (κ2) is 6.07. The van der Waals surface area contributed by atoms with Gasteiger partial charge in [-0.15, -0.1) is 0 Å². The molecular formula is C13H17BrN2O4. The molecule has 7 heteroatoms. The van der Waals surface area contributed by atoms with Gasteiger partial charge in [0.15, 0.2) is 0 Å². The van der Waals surface area contributed by atoms with Crippen molar-refractivity contribution in [1.82, 2.24) is 5.32 Å². The molecule has 1 aliphatic carbocycles. The van der Waals surface area contributed by atoms with Crippen LogP contribution in [0.15, 0.2) is 16.6 Å². The second-order valence-corrected chi connectivity index (χ2v) is 5.73. The minimum absolute atomic E-state index is 0.0281. The topological polar surface area (TPSA) is 73.6 Å². The lowest BCUT2D eigenvalue weighted by Crippen LogP contribution is -2.60. The van der Waals surface area contributed by atoms with E-state index in [1.165, 1.54) is 6.07 Å². The number of hydrogen-bond acceptors (Lipinski definition) is 5. The molecule has 3 atom stereocenters. The summed E-state index contributed by atoms with van der Waals surface area (Å²) in [5, 5.41) is 14.3. The number of benzene rings is 1. The number of hydrogen-bond donors (Lipinski definition) is 1. The number of nitrogens with zero attached hydrogens (tertiary/aromatic N) is 1. The maximum absolute atomic E-state index is 11.1. The lowest BCUT2D eigenvalue weighted by molar-refractivity contribution is -0.386. The lowest BCUT2D eigenvalue weighted by Gasteiger charge is -2.43. The first-order chi connectivity index (χ1) is 9.47. The molecule has 0 radical (unpaired) electrons. The third-order valence-electron chi connectivity index (χ3n) is 3.58. The molecule has 6 nitrogen and oxygen atoms in total. The van der Waals surface area contributed by atoms with Gasteiger partial charge in [-0.25, -0.2) is 0 Å². The predicted molar refractivity (Wildman–Crippen MR) is 78.2 cm³/mol. The molecule has 3 unspecified atom stereocenters. The fraction of sp³-hybridized carbons (Fsp3) is 0.538. The largest absolute Gasteiger partial charge is 0.480 e. The van der Waals surface area contributed by atoms with Crippen LogP contribution in [-0.4, -0.2) is 37.3 Å². The SMILES string of the molecule is CNC1CC(Oc2c(C)cc(Br)cc2[N+](=O)[O-])C1OC. The third-order valence-corrected chi connectivity index (χ3v) is 4.04. The zero-order chi connectivity index (χ0) is 14.9. The molecule has 110 valence electrons. The molecular weight excluding hydrogens is 328 g/mol. The highest BCUT2D eigenvalue weighted by Gasteiger charge is 2.43. The van der Waals surface area contributed by atoms with Crippen molar-refractivity contribution in [2.75, 3.05) is 14.2 Å². The van der Waals surface area contributed by atoms with Gasteiger partial charge >= 0.3 is 5.69 Å². The summed E-state index contributed by atoms with van der Waals surface area (Å²) >= 11 is 3.26. The zero-order valence-electron chi connectivity index (χ0n) is 11.6. The molecule has 1 aliphatic rings. The molecule has 1 fully saturated rings. The highest BCUT2D eigenvalue weighted by atomic mass is 79.9. The first-order valence-electron chi connectivity index (χ1n) is 6.29. The number of nitrogens with one attached hydrogen (secondary N) is 1. The molecule has 0 bridgehead atoms. The van der Waals surface area contributed by atoms with Gasteiger partial charge in [-0.05, 0) is 25.6 Å². The van der Waals surface area contributed by atoms with Crippen LogP contribution >= 0.6 is 15.9 Å². The van der Waals surface area contributed by atoms with Crippen molar-refractivity contribution < 1.29 is 14.4 Å². The maximum atomic E-state index is 11.1.